The van der Waals surface area contributed by atoms with E-state index < -0.39 is 0 Å². The summed E-state index contributed by atoms with van der Waals surface area (Å²) in [7, 11) is 0. The van der Waals surface area contributed by atoms with Crippen LogP contribution in [0.1, 0.15) is 15.9 Å². The van der Waals surface area contributed by atoms with Crippen molar-refractivity contribution >= 4 is 45.4 Å². The summed E-state index contributed by atoms with van der Waals surface area (Å²) in [5.41, 5.74) is 2.63. The molecule has 0 unspecified atom stereocenters. The topological polar surface area (TPSA) is 58.5 Å². The molecule has 6 heteroatoms. The van der Waals surface area contributed by atoms with Gasteiger partial charge >= 0.3 is 0 Å². The standard InChI is InChI=1S/C17H14N2O2S2/c20-15(19-16(21)12-6-2-1-3-7-12)11-23-17-18-14-9-5-4-8-13(14)10-22-17/h1-9H,10-11H2,(H,19,20,21). The van der Waals surface area contributed by atoms with E-state index in [1.807, 2.05) is 24.3 Å². The summed E-state index contributed by atoms with van der Waals surface area (Å²) in [4.78, 5) is 28.3. The molecule has 0 aliphatic carbocycles. The first kappa shape index (κ1) is 15.8. The molecule has 3 rings (SSSR count). The van der Waals surface area contributed by atoms with E-state index in [9.17, 15) is 9.59 Å². The van der Waals surface area contributed by atoms with E-state index >= 15 is 0 Å². The summed E-state index contributed by atoms with van der Waals surface area (Å²) in [5, 5.41) is 2.39. The molecule has 0 radical (unpaired) electrons. The predicted octanol–water partition coefficient (Wildman–Crippen LogP) is 3.61. The maximum absolute atomic E-state index is 11.9. The van der Waals surface area contributed by atoms with Crippen LogP contribution in [0.4, 0.5) is 5.69 Å². The molecule has 1 aliphatic heterocycles. The summed E-state index contributed by atoms with van der Waals surface area (Å²) in [6.07, 6.45) is 0. The maximum atomic E-state index is 11.9. The average molecular weight is 342 g/mol. The van der Waals surface area contributed by atoms with Gasteiger partial charge in [-0.25, -0.2) is 4.99 Å². The minimum atomic E-state index is -0.375. The van der Waals surface area contributed by atoms with E-state index in [0.717, 1.165) is 15.8 Å². The van der Waals surface area contributed by atoms with Crippen molar-refractivity contribution in [2.45, 2.75) is 5.75 Å². The van der Waals surface area contributed by atoms with Gasteiger partial charge in [0.25, 0.3) is 5.91 Å². The van der Waals surface area contributed by atoms with Gasteiger partial charge in [0.2, 0.25) is 5.91 Å². The Morgan fingerprint density at radius 2 is 1.83 bits per heavy atom. The fourth-order valence-corrected chi connectivity index (χ4v) is 3.90. The van der Waals surface area contributed by atoms with Gasteiger partial charge in [0.05, 0.1) is 11.4 Å². The van der Waals surface area contributed by atoms with Gasteiger partial charge in [0.15, 0.2) is 0 Å². The van der Waals surface area contributed by atoms with Crippen molar-refractivity contribution in [1.29, 1.82) is 0 Å². The Morgan fingerprint density at radius 3 is 2.65 bits per heavy atom. The Balaban J connectivity index is 1.54. The molecule has 116 valence electrons. The lowest BCUT2D eigenvalue weighted by Crippen LogP contribution is -2.32. The Kier molecular flexibility index (Phi) is 5.15. The summed E-state index contributed by atoms with van der Waals surface area (Å²) in [5.74, 6) is 0.338. The van der Waals surface area contributed by atoms with Crippen molar-refractivity contribution < 1.29 is 9.59 Å². The summed E-state index contributed by atoms with van der Waals surface area (Å²) in [6.45, 7) is 0. The fraction of sp³-hybridized carbons (Fsp3) is 0.118. The molecule has 0 spiro atoms. The molecular weight excluding hydrogens is 328 g/mol. The highest BCUT2D eigenvalue weighted by molar-refractivity contribution is 8.38. The number of hydrogen-bond acceptors (Lipinski definition) is 5. The van der Waals surface area contributed by atoms with Crippen LogP contribution >= 0.6 is 23.5 Å². The highest BCUT2D eigenvalue weighted by atomic mass is 32.2. The van der Waals surface area contributed by atoms with Crippen LogP contribution in [0.2, 0.25) is 0 Å². The molecule has 2 aromatic carbocycles. The number of benzene rings is 2. The Hall–Kier alpha value is -2.05. The first-order valence-corrected chi connectivity index (χ1v) is 9.01. The van der Waals surface area contributed by atoms with E-state index in [1.165, 1.54) is 17.3 Å². The third-order valence-electron chi connectivity index (χ3n) is 3.17. The van der Waals surface area contributed by atoms with Crippen LogP contribution in [-0.2, 0) is 10.5 Å². The highest BCUT2D eigenvalue weighted by Crippen LogP contribution is 2.34. The van der Waals surface area contributed by atoms with Crippen LogP contribution in [0, 0.1) is 0 Å². The van der Waals surface area contributed by atoms with Gasteiger partial charge in [-0.1, -0.05) is 59.9 Å². The number of rotatable bonds is 3. The van der Waals surface area contributed by atoms with Crippen molar-refractivity contribution in [3.05, 3.63) is 65.7 Å². The van der Waals surface area contributed by atoms with Crippen LogP contribution in [0.5, 0.6) is 0 Å². The van der Waals surface area contributed by atoms with Crippen LogP contribution in [0.3, 0.4) is 0 Å². The van der Waals surface area contributed by atoms with Gasteiger partial charge in [-0.15, -0.1) is 0 Å². The highest BCUT2D eigenvalue weighted by Gasteiger charge is 2.15. The third kappa shape index (κ3) is 4.24. The van der Waals surface area contributed by atoms with Gasteiger partial charge in [-0.3, -0.25) is 14.9 Å². The van der Waals surface area contributed by atoms with Gasteiger partial charge in [0.1, 0.15) is 4.38 Å². The average Bonchev–Trinajstić information content (AvgIpc) is 2.60. The van der Waals surface area contributed by atoms with Crippen LogP contribution in [0.15, 0.2) is 59.6 Å². The smallest absolute Gasteiger partial charge is 0.257 e. The predicted molar refractivity (Wildman–Crippen MR) is 96.2 cm³/mol. The van der Waals surface area contributed by atoms with E-state index in [4.69, 9.17) is 0 Å². The Bertz CT molecular complexity index is 760. The fourth-order valence-electron chi connectivity index (χ4n) is 2.04. The number of hydrogen-bond donors (Lipinski definition) is 1. The summed E-state index contributed by atoms with van der Waals surface area (Å²) < 4.78 is 0.853. The van der Waals surface area contributed by atoms with E-state index in [-0.39, 0.29) is 17.6 Å². The van der Waals surface area contributed by atoms with Gasteiger partial charge < -0.3 is 0 Å². The second kappa shape index (κ2) is 7.48. The maximum Gasteiger partial charge on any atom is 0.257 e. The number of para-hydroxylation sites is 1. The molecule has 0 saturated carbocycles. The van der Waals surface area contributed by atoms with E-state index in [2.05, 4.69) is 16.4 Å². The van der Waals surface area contributed by atoms with E-state index in [0.29, 0.717) is 5.56 Å². The number of aliphatic imine (C=N–C) groups is 1. The van der Waals surface area contributed by atoms with Crippen molar-refractivity contribution in [2.75, 3.05) is 5.75 Å². The molecule has 4 nitrogen and oxygen atoms in total. The molecule has 1 N–H and O–H groups in total. The molecule has 0 fully saturated rings. The van der Waals surface area contributed by atoms with Crippen molar-refractivity contribution in [3.63, 3.8) is 0 Å². The largest absolute Gasteiger partial charge is 0.292 e. The Morgan fingerprint density at radius 1 is 1.09 bits per heavy atom. The summed E-state index contributed by atoms with van der Waals surface area (Å²) >= 11 is 2.97. The SMILES string of the molecule is O=C(CSC1=Nc2ccccc2CS1)NC(=O)c1ccccc1. The number of amides is 2. The summed E-state index contributed by atoms with van der Waals surface area (Å²) in [6, 6.07) is 16.7. The zero-order valence-corrected chi connectivity index (χ0v) is 13.8. The molecule has 0 aromatic heterocycles. The quantitative estimate of drug-likeness (QED) is 0.926. The third-order valence-corrected chi connectivity index (χ3v) is 5.42. The van der Waals surface area contributed by atoms with Crippen LogP contribution < -0.4 is 5.32 Å². The lowest BCUT2D eigenvalue weighted by molar-refractivity contribution is -0.117. The second-order valence-corrected chi connectivity index (χ2v) is 7.01. The van der Waals surface area contributed by atoms with Crippen LogP contribution in [-0.4, -0.2) is 21.9 Å². The number of nitrogens with one attached hydrogen (secondary N) is 1. The molecular formula is C17H14N2O2S2. The molecule has 1 aliphatic rings. The first-order chi connectivity index (χ1) is 11.2. The van der Waals surface area contributed by atoms with Crippen LogP contribution in [0.25, 0.3) is 0 Å². The van der Waals surface area contributed by atoms with Crippen molar-refractivity contribution in [2.24, 2.45) is 4.99 Å². The number of carbonyl (C=O) groups is 2. The lowest BCUT2D eigenvalue weighted by Gasteiger charge is -2.13. The minimum Gasteiger partial charge on any atom is -0.292 e. The van der Waals surface area contributed by atoms with Gasteiger partial charge in [-0.2, -0.15) is 0 Å². The number of carbonyl (C=O) groups excluding carboxylic acids is 2. The molecule has 2 aromatic rings. The van der Waals surface area contributed by atoms with Crippen molar-refractivity contribution in [3.8, 4) is 0 Å². The van der Waals surface area contributed by atoms with E-state index in [1.54, 1.807) is 36.0 Å². The van der Waals surface area contributed by atoms with Gasteiger partial charge in [-0.05, 0) is 23.8 Å². The number of imide groups is 1. The zero-order chi connectivity index (χ0) is 16.1. The molecule has 1 heterocycles. The monoisotopic (exact) mass is 342 g/mol. The molecule has 0 atom stereocenters. The normalized spacial score (nSPS) is 13.0. The lowest BCUT2D eigenvalue weighted by atomic mass is 10.2. The molecule has 0 bridgehead atoms. The number of fused-ring (bicyclic) bond motifs is 1. The van der Waals surface area contributed by atoms with Crippen molar-refractivity contribution in [1.82, 2.24) is 5.32 Å². The first-order valence-electron chi connectivity index (χ1n) is 7.04. The molecule has 2 amide bonds. The number of thioether (sulfide) groups is 2. The minimum absolute atomic E-state index is 0.173. The second-order valence-electron chi connectivity index (χ2n) is 4.83. The molecule has 23 heavy (non-hydrogen) atoms. The zero-order valence-electron chi connectivity index (χ0n) is 12.2. The van der Waals surface area contributed by atoms with Gasteiger partial charge in [0, 0.05) is 11.3 Å². The Labute approximate surface area is 142 Å². The number of nitrogens with zero attached hydrogens (tertiary/aromatic N) is 1. The molecule has 0 saturated heterocycles.